The third-order valence-corrected chi connectivity index (χ3v) is 3.91. The van der Waals surface area contributed by atoms with Gasteiger partial charge in [0, 0.05) is 17.7 Å². The summed E-state index contributed by atoms with van der Waals surface area (Å²) in [6.07, 6.45) is 2.27. The maximum atomic E-state index is 5.44. The quantitative estimate of drug-likeness (QED) is 0.808. The highest BCUT2D eigenvalue weighted by atomic mass is 16.5. The molecule has 0 radical (unpaired) electrons. The summed E-state index contributed by atoms with van der Waals surface area (Å²) >= 11 is 0. The predicted molar refractivity (Wildman–Crippen MR) is 84.8 cm³/mol. The second-order valence-electron chi connectivity index (χ2n) is 5.54. The first-order valence-electron chi connectivity index (χ1n) is 7.44. The van der Waals surface area contributed by atoms with Crippen molar-refractivity contribution in [3.05, 3.63) is 29.8 Å². The number of aromatic nitrogens is 2. The fraction of sp³-hybridized carbons (Fsp3) is 0.438. The molecule has 5 nitrogen and oxygen atoms in total. The van der Waals surface area contributed by atoms with Crippen LogP contribution >= 0.6 is 0 Å². The number of aryl methyl sites for hydroxylation is 1. The van der Waals surface area contributed by atoms with Crippen LogP contribution in [0.2, 0.25) is 0 Å². The van der Waals surface area contributed by atoms with Crippen molar-refractivity contribution in [1.29, 1.82) is 0 Å². The summed E-state index contributed by atoms with van der Waals surface area (Å²) < 4.78 is 5.44. The van der Waals surface area contributed by atoms with Crippen molar-refractivity contribution >= 4 is 5.82 Å². The number of piperidine rings is 1. The van der Waals surface area contributed by atoms with Crippen LogP contribution in [0.25, 0.3) is 11.3 Å². The van der Waals surface area contributed by atoms with Gasteiger partial charge in [-0.15, -0.1) is 0 Å². The molecule has 0 unspecified atom stereocenters. The number of rotatable bonds is 4. The number of nitrogens with zero attached hydrogens (tertiary/aromatic N) is 1. The lowest BCUT2D eigenvalue weighted by Gasteiger charge is -2.23. The van der Waals surface area contributed by atoms with Crippen molar-refractivity contribution in [3.8, 4) is 17.0 Å². The van der Waals surface area contributed by atoms with E-state index in [1.807, 2.05) is 12.1 Å². The predicted octanol–water partition coefficient (Wildman–Crippen LogP) is 2.56. The third-order valence-electron chi connectivity index (χ3n) is 3.91. The zero-order chi connectivity index (χ0) is 14.7. The molecule has 2 heterocycles. The van der Waals surface area contributed by atoms with Crippen molar-refractivity contribution < 1.29 is 4.74 Å². The van der Waals surface area contributed by atoms with Crippen LogP contribution in [-0.4, -0.2) is 36.4 Å². The van der Waals surface area contributed by atoms with Crippen LogP contribution in [0, 0.1) is 6.92 Å². The van der Waals surface area contributed by atoms with Crippen molar-refractivity contribution in [1.82, 2.24) is 15.5 Å². The van der Waals surface area contributed by atoms with E-state index in [4.69, 9.17) is 4.74 Å². The van der Waals surface area contributed by atoms with Gasteiger partial charge in [-0.05, 0) is 45.0 Å². The van der Waals surface area contributed by atoms with E-state index < -0.39 is 0 Å². The van der Waals surface area contributed by atoms with Crippen molar-refractivity contribution in [2.24, 2.45) is 0 Å². The van der Waals surface area contributed by atoms with Crippen LogP contribution in [0.15, 0.2) is 24.3 Å². The molecule has 5 heteroatoms. The second kappa shape index (κ2) is 6.18. The Kier molecular flexibility index (Phi) is 4.10. The molecule has 0 bridgehead atoms. The Labute approximate surface area is 125 Å². The molecule has 1 aromatic carbocycles. The standard InChI is InChI=1S/C16H22N4O/c1-11-3-4-15(21-2)13(9-11)14-10-16(20-19-14)18-12-5-7-17-8-6-12/h3-4,9-10,12,17H,5-8H2,1-2H3,(H2,18,19,20). The van der Waals surface area contributed by atoms with Gasteiger partial charge < -0.3 is 15.4 Å². The first kappa shape index (κ1) is 13.9. The highest BCUT2D eigenvalue weighted by Gasteiger charge is 2.15. The summed E-state index contributed by atoms with van der Waals surface area (Å²) in [4.78, 5) is 0. The van der Waals surface area contributed by atoms with Gasteiger partial charge in [0.05, 0.1) is 12.8 Å². The fourth-order valence-corrected chi connectivity index (χ4v) is 2.74. The molecule has 1 aliphatic heterocycles. The molecule has 1 aliphatic rings. The second-order valence-corrected chi connectivity index (χ2v) is 5.54. The molecule has 2 aromatic rings. The highest BCUT2D eigenvalue weighted by Crippen LogP contribution is 2.30. The molecular formula is C16H22N4O. The lowest BCUT2D eigenvalue weighted by Crippen LogP contribution is -2.35. The highest BCUT2D eigenvalue weighted by molar-refractivity contribution is 5.70. The molecule has 0 aliphatic carbocycles. The molecule has 3 N–H and O–H groups in total. The minimum Gasteiger partial charge on any atom is -0.496 e. The van der Waals surface area contributed by atoms with Crippen molar-refractivity contribution in [2.75, 3.05) is 25.5 Å². The van der Waals surface area contributed by atoms with Gasteiger partial charge in [0.15, 0.2) is 0 Å². The van der Waals surface area contributed by atoms with E-state index in [1.165, 1.54) is 5.56 Å². The molecule has 1 fully saturated rings. The largest absolute Gasteiger partial charge is 0.496 e. The lowest BCUT2D eigenvalue weighted by atomic mass is 10.1. The van der Waals surface area contributed by atoms with Gasteiger partial charge in [0.25, 0.3) is 0 Å². The average Bonchev–Trinajstić information content (AvgIpc) is 2.96. The van der Waals surface area contributed by atoms with Crippen LogP contribution in [-0.2, 0) is 0 Å². The molecule has 1 saturated heterocycles. The molecule has 0 spiro atoms. The van der Waals surface area contributed by atoms with E-state index in [9.17, 15) is 0 Å². The number of benzene rings is 1. The summed E-state index contributed by atoms with van der Waals surface area (Å²) in [5, 5.41) is 14.4. The molecule has 0 amide bonds. The van der Waals surface area contributed by atoms with E-state index in [0.717, 1.165) is 48.8 Å². The molecule has 21 heavy (non-hydrogen) atoms. The van der Waals surface area contributed by atoms with Gasteiger partial charge in [0.2, 0.25) is 0 Å². The van der Waals surface area contributed by atoms with Gasteiger partial charge in [-0.1, -0.05) is 11.6 Å². The zero-order valence-electron chi connectivity index (χ0n) is 12.6. The maximum absolute atomic E-state index is 5.44. The van der Waals surface area contributed by atoms with Crippen LogP contribution < -0.4 is 15.4 Å². The SMILES string of the molecule is COc1ccc(C)cc1-c1cc(NC2CCNCC2)n[nH]1. The van der Waals surface area contributed by atoms with Crippen LogP contribution in [0.5, 0.6) is 5.75 Å². The van der Waals surface area contributed by atoms with Gasteiger partial charge in [0.1, 0.15) is 11.6 Å². The van der Waals surface area contributed by atoms with Crippen LogP contribution in [0.1, 0.15) is 18.4 Å². The van der Waals surface area contributed by atoms with E-state index in [-0.39, 0.29) is 0 Å². The molecule has 3 rings (SSSR count). The minimum absolute atomic E-state index is 0.502. The summed E-state index contributed by atoms with van der Waals surface area (Å²) in [5.74, 6) is 1.76. The number of ether oxygens (including phenoxy) is 1. The topological polar surface area (TPSA) is 62.0 Å². The Bertz CT molecular complexity index is 602. The zero-order valence-corrected chi connectivity index (χ0v) is 12.6. The molecular weight excluding hydrogens is 264 g/mol. The van der Waals surface area contributed by atoms with Crippen molar-refractivity contribution in [3.63, 3.8) is 0 Å². The maximum Gasteiger partial charge on any atom is 0.148 e. The van der Waals surface area contributed by atoms with Gasteiger partial charge in [-0.3, -0.25) is 5.10 Å². The number of hydrogen-bond donors (Lipinski definition) is 3. The van der Waals surface area contributed by atoms with E-state index in [1.54, 1.807) is 7.11 Å². The lowest BCUT2D eigenvalue weighted by molar-refractivity contribution is 0.416. The Hall–Kier alpha value is -2.01. The Morgan fingerprint density at radius 3 is 2.81 bits per heavy atom. The third kappa shape index (κ3) is 3.19. The first-order chi connectivity index (χ1) is 10.3. The van der Waals surface area contributed by atoms with Crippen molar-refractivity contribution in [2.45, 2.75) is 25.8 Å². The van der Waals surface area contributed by atoms with Gasteiger partial charge in [-0.2, -0.15) is 5.10 Å². The Morgan fingerprint density at radius 1 is 1.24 bits per heavy atom. The Morgan fingerprint density at radius 2 is 2.05 bits per heavy atom. The van der Waals surface area contributed by atoms with Gasteiger partial charge >= 0.3 is 0 Å². The fourth-order valence-electron chi connectivity index (χ4n) is 2.74. The number of anilines is 1. The summed E-state index contributed by atoms with van der Waals surface area (Å²) in [6.45, 7) is 4.22. The molecule has 112 valence electrons. The summed E-state index contributed by atoms with van der Waals surface area (Å²) in [6, 6.07) is 8.71. The number of nitrogens with one attached hydrogen (secondary N) is 3. The number of H-pyrrole nitrogens is 1. The summed E-state index contributed by atoms with van der Waals surface area (Å²) in [7, 11) is 1.69. The van der Waals surface area contributed by atoms with E-state index >= 15 is 0 Å². The molecule has 1 aromatic heterocycles. The number of aromatic amines is 1. The van der Waals surface area contributed by atoms with Crippen LogP contribution in [0.3, 0.4) is 0 Å². The van der Waals surface area contributed by atoms with E-state index in [2.05, 4.69) is 39.9 Å². The normalized spacial score (nSPS) is 15.9. The number of hydrogen-bond acceptors (Lipinski definition) is 4. The monoisotopic (exact) mass is 286 g/mol. The Balaban J connectivity index is 1.79. The minimum atomic E-state index is 0.502. The molecule has 0 saturated carbocycles. The van der Waals surface area contributed by atoms with Crippen LogP contribution in [0.4, 0.5) is 5.82 Å². The average molecular weight is 286 g/mol. The summed E-state index contributed by atoms with van der Waals surface area (Å²) in [5.41, 5.74) is 3.23. The smallest absolute Gasteiger partial charge is 0.148 e. The first-order valence-corrected chi connectivity index (χ1v) is 7.44. The van der Waals surface area contributed by atoms with E-state index in [0.29, 0.717) is 6.04 Å². The van der Waals surface area contributed by atoms with Gasteiger partial charge in [-0.25, -0.2) is 0 Å². The number of methoxy groups -OCH3 is 1. The molecule has 0 atom stereocenters.